The predicted octanol–water partition coefficient (Wildman–Crippen LogP) is 7.83. The first kappa shape index (κ1) is 22.3. The van der Waals surface area contributed by atoms with E-state index in [1.54, 1.807) is 0 Å². The van der Waals surface area contributed by atoms with Gasteiger partial charge in [0.25, 0.3) is 0 Å². The predicted molar refractivity (Wildman–Crippen MR) is 148 cm³/mol. The summed E-state index contributed by atoms with van der Waals surface area (Å²) in [4.78, 5) is 0. The minimum atomic E-state index is 0.688. The smallest absolute Gasteiger partial charge is 0.216 e. The highest BCUT2D eigenvalue weighted by Crippen LogP contribution is 2.46. The first-order valence-corrected chi connectivity index (χ1v) is 13.6. The van der Waals surface area contributed by atoms with E-state index in [2.05, 4.69) is 79.3 Å². The zero-order valence-electron chi connectivity index (χ0n) is 21.6. The quantitative estimate of drug-likeness (QED) is 0.245. The van der Waals surface area contributed by atoms with Crippen LogP contribution in [0.2, 0.25) is 0 Å². The molecule has 3 nitrogen and oxygen atoms in total. The van der Waals surface area contributed by atoms with Crippen LogP contribution in [0.4, 0.5) is 0 Å². The lowest BCUT2D eigenvalue weighted by atomic mass is 9.87. The van der Waals surface area contributed by atoms with E-state index >= 15 is 0 Å². The van der Waals surface area contributed by atoms with Crippen LogP contribution in [-0.2, 0) is 19.9 Å². The standard InChI is InChI=1S/C34H31N2O/c1-21-13-15-27-28-16-14-24(20-35)32(34(28)37-33(27)31(21)30-12-5-6-17-36(30)2)26-11-7-10-23-18-25(19-29(23)26)22-8-3-4-9-22/h5-7,10-17,22,25H,3-4,8-9,18-19H2,1-2H3/q+1. The van der Waals surface area contributed by atoms with Gasteiger partial charge < -0.3 is 4.42 Å². The minimum Gasteiger partial charge on any atom is -0.454 e. The monoisotopic (exact) mass is 483 g/mol. The average Bonchev–Trinajstić information content (AvgIpc) is 3.66. The van der Waals surface area contributed by atoms with Crippen LogP contribution < -0.4 is 4.57 Å². The molecule has 2 aliphatic rings. The molecule has 0 saturated heterocycles. The van der Waals surface area contributed by atoms with Gasteiger partial charge in [0.15, 0.2) is 6.20 Å². The lowest BCUT2D eigenvalue weighted by Gasteiger charge is -2.17. The summed E-state index contributed by atoms with van der Waals surface area (Å²) in [5.74, 6) is 1.57. The summed E-state index contributed by atoms with van der Waals surface area (Å²) >= 11 is 0. The van der Waals surface area contributed by atoms with Crippen LogP contribution in [0.25, 0.3) is 44.3 Å². The second-order valence-corrected chi connectivity index (χ2v) is 11.1. The highest BCUT2D eigenvalue weighted by molar-refractivity contribution is 6.14. The zero-order valence-corrected chi connectivity index (χ0v) is 21.6. The number of furan rings is 1. The summed E-state index contributed by atoms with van der Waals surface area (Å²) < 4.78 is 8.97. The van der Waals surface area contributed by atoms with Crippen molar-refractivity contribution in [3.8, 4) is 28.5 Å². The highest BCUT2D eigenvalue weighted by atomic mass is 16.3. The van der Waals surface area contributed by atoms with Gasteiger partial charge in [-0.25, -0.2) is 4.57 Å². The second-order valence-electron chi connectivity index (χ2n) is 11.1. The van der Waals surface area contributed by atoms with Gasteiger partial charge in [0.1, 0.15) is 18.2 Å². The first-order chi connectivity index (χ1) is 18.1. The van der Waals surface area contributed by atoms with E-state index < -0.39 is 0 Å². The van der Waals surface area contributed by atoms with Crippen molar-refractivity contribution in [1.29, 1.82) is 5.26 Å². The zero-order chi connectivity index (χ0) is 25.1. The van der Waals surface area contributed by atoms with Crippen molar-refractivity contribution in [2.75, 3.05) is 0 Å². The molecule has 0 radical (unpaired) electrons. The number of nitrogens with zero attached hydrogens (tertiary/aromatic N) is 2. The van der Waals surface area contributed by atoms with Gasteiger partial charge in [-0.3, -0.25) is 0 Å². The SMILES string of the molecule is Cc1ccc2c(oc3c(-c4cccc5c4CC(C4CCCC4)C5)c(C#N)ccc32)c1-c1cccc[n+]1C. The third-order valence-electron chi connectivity index (χ3n) is 9.01. The Morgan fingerprint density at radius 2 is 1.62 bits per heavy atom. The number of benzene rings is 3. The van der Waals surface area contributed by atoms with Crippen molar-refractivity contribution >= 4 is 21.9 Å². The van der Waals surface area contributed by atoms with E-state index in [1.807, 2.05) is 12.1 Å². The Balaban J connectivity index is 1.48. The number of hydrogen-bond acceptors (Lipinski definition) is 2. The summed E-state index contributed by atoms with van der Waals surface area (Å²) in [7, 11) is 2.07. The van der Waals surface area contributed by atoms with Gasteiger partial charge in [-0.05, 0) is 72.1 Å². The summed E-state index contributed by atoms with van der Waals surface area (Å²) in [6.07, 6.45) is 9.85. The van der Waals surface area contributed by atoms with Crippen LogP contribution >= 0.6 is 0 Å². The fraction of sp³-hybridized carbons (Fsp3) is 0.294. The number of nitriles is 1. The van der Waals surface area contributed by atoms with Gasteiger partial charge in [0, 0.05) is 28.5 Å². The molecule has 37 heavy (non-hydrogen) atoms. The summed E-state index contributed by atoms with van der Waals surface area (Å²) in [6.45, 7) is 2.14. The minimum absolute atomic E-state index is 0.688. The Hall–Kier alpha value is -3.90. The molecule has 3 heteroatoms. The molecule has 1 saturated carbocycles. The van der Waals surface area contributed by atoms with E-state index in [0.29, 0.717) is 5.56 Å². The molecule has 182 valence electrons. The molecule has 2 aromatic heterocycles. The van der Waals surface area contributed by atoms with Gasteiger partial charge in [-0.1, -0.05) is 56.0 Å². The first-order valence-electron chi connectivity index (χ1n) is 13.6. The Morgan fingerprint density at radius 3 is 2.41 bits per heavy atom. The van der Waals surface area contributed by atoms with E-state index in [-0.39, 0.29) is 0 Å². The summed E-state index contributed by atoms with van der Waals surface area (Å²) in [5.41, 5.74) is 10.8. The van der Waals surface area contributed by atoms with Crippen LogP contribution in [0.5, 0.6) is 0 Å². The fourth-order valence-electron chi connectivity index (χ4n) is 7.14. The second kappa shape index (κ2) is 8.60. The highest BCUT2D eigenvalue weighted by Gasteiger charge is 2.33. The number of rotatable bonds is 3. The van der Waals surface area contributed by atoms with Crippen molar-refractivity contribution in [3.05, 3.63) is 89.1 Å². The third-order valence-corrected chi connectivity index (χ3v) is 9.01. The van der Waals surface area contributed by atoms with Crippen LogP contribution in [0.15, 0.2) is 71.3 Å². The molecule has 5 aromatic rings. The summed E-state index contributed by atoms with van der Waals surface area (Å²) in [6, 6.07) is 23.8. The molecule has 0 amide bonds. The van der Waals surface area contributed by atoms with Crippen molar-refractivity contribution in [2.45, 2.75) is 45.4 Å². The Kier molecular flexibility index (Phi) is 5.18. The van der Waals surface area contributed by atoms with Crippen molar-refractivity contribution in [1.82, 2.24) is 0 Å². The van der Waals surface area contributed by atoms with Gasteiger partial charge in [-0.2, -0.15) is 5.26 Å². The lowest BCUT2D eigenvalue weighted by Crippen LogP contribution is -2.30. The molecule has 1 fully saturated rings. The number of aromatic nitrogens is 1. The van der Waals surface area contributed by atoms with Crippen molar-refractivity contribution < 1.29 is 8.98 Å². The number of pyridine rings is 1. The molecule has 3 aromatic carbocycles. The molecular formula is C34H31N2O+. The largest absolute Gasteiger partial charge is 0.454 e. The molecular weight excluding hydrogens is 452 g/mol. The van der Waals surface area contributed by atoms with E-state index in [0.717, 1.165) is 57.0 Å². The molecule has 7 rings (SSSR count). The maximum absolute atomic E-state index is 10.2. The molecule has 2 aliphatic carbocycles. The van der Waals surface area contributed by atoms with Crippen LogP contribution in [-0.4, -0.2) is 0 Å². The summed E-state index contributed by atoms with van der Waals surface area (Å²) in [5, 5.41) is 12.4. The molecule has 0 N–H and O–H groups in total. The van der Waals surface area contributed by atoms with Gasteiger partial charge in [0.05, 0.1) is 17.2 Å². The molecule has 1 atom stereocenters. The lowest BCUT2D eigenvalue weighted by molar-refractivity contribution is -0.660. The van der Waals surface area contributed by atoms with Gasteiger partial charge in [-0.15, -0.1) is 0 Å². The van der Waals surface area contributed by atoms with E-state index in [9.17, 15) is 5.26 Å². The maximum Gasteiger partial charge on any atom is 0.216 e. The Morgan fingerprint density at radius 1 is 0.838 bits per heavy atom. The van der Waals surface area contributed by atoms with Gasteiger partial charge >= 0.3 is 0 Å². The van der Waals surface area contributed by atoms with Crippen LogP contribution in [0, 0.1) is 30.1 Å². The number of fused-ring (bicyclic) bond motifs is 4. The Labute approximate surface area is 218 Å². The van der Waals surface area contributed by atoms with Crippen LogP contribution in [0.1, 0.15) is 47.9 Å². The maximum atomic E-state index is 10.2. The molecule has 0 bridgehead atoms. The molecule has 1 unspecified atom stereocenters. The van der Waals surface area contributed by atoms with Crippen LogP contribution in [0.3, 0.4) is 0 Å². The fourth-order valence-corrected chi connectivity index (χ4v) is 7.14. The van der Waals surface area contributed by atoms with Crippen molar-refractivity contribution in [3.63, 3.8) is 0 Å². The average molecular weight is 484 g/mol. The normalized spacial score (nSPS) is 17.5. The third kappa shape index (κ3) is 3.43. The Bertz CT molecular complexity index is 1730. The molecule has 0 spiro atoms. The number of aryl methyl sites for hydroxylation is 2. The van der Waals surface area contributed by atoms with Crippen molar-refractivity contribution in [2.24, 2.45) is 18.9 Å². The number of hydrogen-bond donors (Lipinski definition) is 0. The van der Waals surface area contributed by atoms with E-state index in [4.69, 9.17) is 4.42 Å². The van der Waals surface area contributed by atoms with E-state index in [1.165, 1.54) is 54.4 Å². The molecule has 2 heterocycles. The molecule has 0 aliphatic heterocycles. The topological polar surface area (TPSA) is 40.8 Å². The van der Waals surface area contributed by atoms with Gasteiger partial charge in [0.2, 0.25) is 5.69 Å².